The zero-order valence-electron chi connectivity index (χ0n) is 12.5. The van der Waals surface area contributed by atoms with Gasteiger partial charge in [-0.25, -0.2) is 9.79 Å². The number of benzene rings is 2. The molecule has 120 valence electrons. The highest BCUT2D eigenvalue weighted by atomic mass is 35.5. The highest BCUT2D eigenvalue weighted by Crippen LogP contribution is 2.27. The quantitative estimate of drug-likeness (QED) is 0.366. The van der Waals surface area contributed by atoms with Crippen LogP contribution in [0.25, 0.3) is 6.08 Å². The normalized spacial score (nSPS) is 15.3. The molecule has 0 atom stereocenters. The molecule has 7 heteroatoms. The Morgan fingerprint density at radius 3 is 2.67 bits per heavy atom. The zero-order valence-corrected chi connectivity index (χ0v) is 13.3. The molecule has 0 saturated heterocycles. The van der Waals surface area contributed by atoms with Crippen LogP contribution in [-0.2, 0) is 9.53 Å². The summed E-state index contributed by atoms with van der Waals surface area (Å²) in [5.41, 5.74) is 1.44. The Kier molecular flexibility index (Phi) is 4.14. The monoisotopic (exact) mass is 342 g/mol. The molecule has 2 aromatic rings. The van der Waals surface area contributed by atoms with Gasteiger partial charge in [-0.1, -0.05) is 35.9 Å². The molecule has 2 aromatic carbocycles. The summed E-state index contributed by atoms with van der Waals surface area (Å²) in [6.07, 6.45) is 1.52. The number of rotatable bonds is 3. The van der Waals surface area contributed by atoms with E-state index in [9.17, 15) is 14.9 Å². The summed E-state index contributed by atoms with van der Waals surface area (Å²) in [6.45, 7) is 1.58. The van der Waals surface area contributed by atoms with E-state index in [1.807, 2.05) is 0 Å². The molecule has 0 amide bonds. The number of aliphatic imine (C=N–C) groups is 1. The van der Waals surface area contributed by atoms with E-state index >= 15 is 0 Å². The van der Waals surface area contributed by atoms with Crippen molar-refractivity contribution in [3.8, 4) is 0 Å². The molecule has 0 N–H and O–H groups in total. The number of halogens is 1. The number of carbonyl (C=O) groups is 1. The van der Waals surface area contributed by atoms with Crippen LogP contribution in [0.5, 0.6) is 0 Å². The van der Waals surface area contributed by atoms with Crippen LogP contribution in [0, 0.1) is 17.0 Å². The minimum Gasteiger partial charge on any atom is -0.402 e. The van der Waals surface area contributed by atoms with Crippen molar-refractivity contribution in [1.82, 2.24) is 0 Å². The van der Waals surface area contributed by atoms with Crippen molar-refractivity contribution in [2.24, 2.45) is 4.99 Å². The van der Waals surface area contributed by atoms with Crippen LogP contribution in [0.3, 0.4) is 0 Å². The van der Waals surface area contributed by atoms with Gasteiger partial charge in [0.05, 0.1) is 4.92 Å². The summed E-state index contributed by atoms with van der Waals surface area (Å²) in [7, 11) is 0. The molecule has 0 radical (unpaired) electrons. The van der Waals surface area contributed by atoms with Crippen molar-refractivity contribution >= 4 is 35.2 Å². The van der Waals surface area contributed by atoms with Crippen molar-refractivity contribution in [3.63, 3.8) is 0 Å². The van der Waals surface area contributed by atoms with Gasteiger partial charge in [-0.3, -0.25) is 10.1 Å². The number of hydrogen-bond donors (Lipinski definition) is 0. The maximum Gasteiger partial charge on any atom is 0.363 e. The molecule has 0 fully saturated rings. The van der Waals surface area contributed by atoms with E-state index in [4.69, 9.17) is 16.3 Å². The first-order valence-corrected chi connectivity index (χ1v) is 7.36. The Bertz CT molecular complexity index is 919. The smallest absolute Gasteiger partial charge is 0.363 e. The number of nitro benzene ring substituents is 1. The average molecular weight is 343 g/mol. The van der Waals surface area contributed by atoms with Crippen molar-refractivity contribution < 1.29 is 14.5 Å². The second-order valence-corrected chi connectivity index (χ2v) is 5.47. The summed E-state index contributed by atoms with van der Waals surface area (Å²) in [5.74, 6) is -0.588. The lowest BCUT2D eigenvalue weighted by Crippen LogP contribution is -2.08. The number of ether oxygens (including phenoxy) is 1. The summed E-state index contributed by atoms with van der Waals surface area (Å²) in [6, 6.07) is 11.5. The van der Waals surface area contributed by atoms with Crippen molar-refractivity contribution in [3.05, 3.63) is 80.0 Å². The largest absolute Gasteiger partial charge is 0.402 e. The third-order valence-corrected chi connectivity index (χ3v) is 3.89. The highest BCUT2D eigenvalue weighted by Gasteiger charge is 2.27. The molecule has 0 bridgehead atoms. The van der Waals surface area contributed by atoms with Gasteiger partial charge in [0.15, 0.2) is 5.70 Å². The lowest BCUT2D eigenvalue weighted by atomic mass is 10.1. The first kappa shape index (κ1) is 15.9. The summed E-state index contributed by atoms with van der Waals surface area (Å²) in [4.78, 5) is 26.7. The van der Waals surface area contributed by atoms with Crippen molar-refractivity contribution in [2.75, 3.05) is 0 Å². The number of carbonyl (C=O) groups excluding carboxylic acids is 1. The number of hydrogen-bond acceptors (Lipinski definition) is 5. The van der Waals surface area contributed by atoms with E-state index in [1.165, 1.54) is 18.2 Å². The van der Waals surface area contributed by atoms with Gasteiger partial charge in [0.2, 0.25) is 5.90 Å². The van der Waals surface area contributed by atoms with Gasteiger partial charge in [0, 0.05) is 22.2 Å². The van der Waals surface area contributed by atoms with Gasteiger partial charge in [-0.2, -0.15) is 0 Å². The number of esters is 1. The lowest BCUT2D eigenvalue weighted by molar-refractivity contribution is -0.385. The second kappa shape index (κ2) is 6.25. The second-order valence-electron chi connectivity index (χ2n) is 5.06. The molecule has 0 aliphatic carbocycles. The molecule has 1 aliphatic rings. The summed E-state index contributed by atoms with van der Waals surface area (Å²) in [5, 5.41) is 11.5. The van der Waals surface area contributed by atoms with E-state index in [0.717, 1.165) is 0 Å². The molecule has 0 aromatic heterocycles. The molecular formula is C17H11ClN2O4. The highest BCUT2D eigenvalue weighted by molar-refractivity contribution is 6.32. The Balaban J connectivity index is 2.03. The minimum absolute atomic E-state index is 0.0412. The Hall–Kier alpha value is -2.99. The fourth-order valence-corrected chi connectivity index (χ4v) is 2.51. The molecular weight excluding hydrogens is 332 g/mol. The molecule has 3 rings (SSSR count). The van der Waals surface area contributed by atoms with Crippen LogP contribution >= 0.6 is 11.6 Å². The number of cyclic esters (lactones) is 1. The first-order valence-electron chi connectivity index (χ1n) is 6.99. The third kappa shape index (κ3) is 2.91. The Morgan fingerprint density at radius 2 is 1.96 bits per heavy atom. The summed E-state index contributed by atoms with van der Waals surface area (Å²) < 4.78 is 5.16. The van der Waals surface area contributed by atoms with Crippen LogP contribution in [0.15, 0.2) is 53.2 Å². The predicted octanol–water partition coefficient (Wildman–Crippen LogP) is 3.90. The van der Waals surface area contributed by atoms with Crippen molar-refractivity contribution in [1.29, 1.82) is 0 Å². The van der Waals surface area contributed by atoms with Crippen LogP contribution in [0.2, 0.25) is 5.02 Å². The van der Waals surface area contributed by atoms with Gasteiger partial charge in [-0.05, 0) is 30.7 Å². The van der Waals surface area contributed by atoms with Gasteiger partial charge in [0.1, 0.15) is 0 Å². The van der Waals surface area contributed by atoms with Crippen LogP contribution in [0.4, 0.5) is 5.69 Å². The molecule has 1 aliphatic heterocycles. The Morgan fingerprint density at radius 1 is 1.21 bits per heavy atom. The van der Waals surface area contributed by atoms with E-state index in [-0.39, 0.29) is 17.3 Å². The first-order chi connectivity index (χ1) is 11.5. The average Bonchev–Trinajstić information content (AvgIpc) is 2.90. The zero-order chi connectivity index (χ0) is 17.3. The van der Waals surface area contributed by atoms with E-state index in [1.54, 1.807) is 37.3 Å². The van der Waals surface area contributed by atoms with Gasteiger partial charge < -0.3 is 4.74 Å². The van der Waals surface area contributed by atoms with Crippen molar-refractivity contribution in [2.45, 2.75) is 6.92 Å². The molecule has 24 heavy (non-hydrogen) atoms. The topological polar surface area (TPSA) is 81.8 Å². The molecule has 0 unspecified atom stereocenters. The fraction of sp³-hybridized carbons (Fsp3) is 0.0588. The predicted molar refractivity (Wildman–Crippen MR) is 89.9 cm³/mol. The van der Waals surface area contributed by atoms with Gasteiger partial charge in [0.25, 0.3) is 5.69 Å². The van der Waals surface area contributed by atoms with E-state index in [0.29, 0.717) is 21.7 Å². The lowest BCUT2D eigenvalue weighted by Gasteiger charge is -2.04. The molecule has 1 heterocycles. The van der Waals surface area contributed by atoms with Crippen LogP contribution in [0.1, 0.15) is 16.7 Å². The maximum absolute atomic E-state index is 12.0. The number of nitro groups is 1. The van der Waals surface area contributed by atoms with Gasteiger partial charge in [-0.15, -0.1) is 0 Å². The minimum atomic E-state index is -0.629. The third-order valence-electron chi connectivity index (χ3n) is 3.55. The standard InChI is InChI=1S/C17H11ClN2O4/c1-10-12(6-4-8-15(10)20(22)23)16-19-14(17(21)24-16)9-11-5-2-3-7-13(11)18/h2-9H,1H3. The number of nitrogens with zero attached hydrogens (tertiary/aromatic N) is 2. The van der Waals surface area contributed by atoms with Crippen LogP contribution < -0.4 is 0 Å². The van der Waals surface area contributed by atoms with E-state index in [2.05, 4.69) is 4.99 Å². The molecule has 0 saturated carbocycles. The molecule has 0 spiro atoms. The van der Waals surface area contributed by atoms with Gasteiger partial charge >= 0.3 is 5.97 Å². The molecule has 6 nitrogen and oxygen atoms in total. The fourth-order valence-electron chi connectivity index (χ4n) is 2.32. The Labute approximate surface area is 142 Å². The van der Waals surface area contributed by atoms with Crippen LogP contribution in [-0.4, -0.2) is 16.8 Å². The maximum atomic E-state index is 12.0. The van der Waals surface area contributed by atoms with E-state index < -0.39 is 10.9 Å². The summed E-state index contributed by atoms with van der Waals surface area (Å²) >= 11 is 6.06. The SMILES string of the molecule is Cc1c(C2=NC(=Cc3ccccc3Cl)C(=O)O2)cccc1[N+](=O)[O-].